The molecule has 0 bridgehead atoms. The van der Waals surface area contributed by atoms with Gasteiger partial charge in [0.15, 0.2) is 5.82 Å². The Morgan fingerprint density at radius 1 is 1.23 bits per heavy atom. The third kappa shape index (κ3) is 5.15. The molecule has 10 nitrogen and oxygen atoms in total. The van der Waals surface area contributed by atoms with Crippen LogP contribution in [0.5, 0.6) is 0 Å². The van der Waals surface area contributed by atoms with Crippen LogP contribution in [-0.4, -0.2) is 103 Å². The Kier molecular flexibility index (Phi) is 6.78. The predicted octanol–water partition coefficient (Wildman–Crippen LogP) is -0.106. The van der Waals surface area contributed by atoms with Gasteiger partial charge in [-0.2, -0.15) is 10.1 Å². The fraction of sp³-hybridized carbons (Fsp3) is 0.750. The molecule has 3 heterocycles. The number of carbonyl (C=O) groups is 1. The lowest BCUT2D eigenvalue weighted by Crippen LogP contribution is -2.49. The van der Waals surface area contributed by atoms with Crippen molar-refractivity contribution in [1.29, 1.82) is 0 Å². The summed E-state index contributed by atoms with van der Waals surface area (Å²) in [6, 6.07) is 0. The van der Waals surface area contributed by atoms with Crippen molar-refractivity contribution in [1.82, 2.24) is 25.0 Å². The molecular formula is C16H27N7O3. The van der Waals surface area contributed by atoms with E-state index < -0.39 is 0 Å². The lowest BCUT2D eigenvalue weighted by atomic mass is 10.3. The van der Waals surface area contributed by atoms with E-state index >= 15 is 0 Å². The molecule has 2 fully saturated rings. The van der Waals surface area contributed by atoms with Crippen LogP contribution < -0.4 is 10.2 Å². The van der Waals surface area contributed by atoms with Crippen molar-refractivity contribution in [3.63, 3.8) is 0 Å². The van der Waals surface area contributed by atoms with Crippen molar-refractivity contribution < 1.29 is 14.3 Å². The van der Waals surface area contributed by atoms with Crippen LogP contribution in [0.3, 0.4) is 0 Å². The zero-order chi connectivity index (χ0) is 18.2. The normalized spacial score (nSPS) is 18.7. The monoisotopic (exact) mass is 365 g/mol. The minimum atomic E-state index is -0.260. The Hall–Kier alpha value is -2.20. The van der Waals surface area contributed by atoms with Gasteiger partial charge in [-0.05, 0) is 6.92 Å². The lowest BCUT2D eigenvalue weighted by Gasteiger charge is -2.33. The SMILES string of the molecule is CCOC(=O)N1CCN(c2nncc(NCCN3CCOCC3)n2)CC1. The van der Waals surface area contributed by atoms with Gasteiger partial charge in [0.2, 0.25) is 5.95 Å². The van der Waals surface area contributed by atoms with E-state index in [2.05, 4.69) is 25.4 Å². The minimum absolute atomic E-state index is 0.260. The third-order valence-corrected chi connectivity index (χ3v) is 4.47. The summed E-state index contributed by atoms with van der Waals surface area (Å²) < 4.78 is 10.4. The number of hydrogen-bond donors (Lipinski definition) is 1. The lowest BCUT2D eigenvalue weighted by molar-refractivity contribution is 0.0398. The van der Waals surface area contributed by atoms with Crippen LogP contribution in [0.2, 0.25) is 0 Å². The summed E-state index contributed by atoms with van der Waals surface area (Å²) in [5, 5.41) is 11.5. The number of piperazine rings is 1. The maximum Gasteiger partial charge on any atom is 0.409 e. The molecule has 0 atom stereocenters. The van der Waals surface area contributed by atoms with E-state index in [4.69, 9.17) is 9.47 Å². The molecule has 1 N–H and O–H groups in total. The predicted molar refractivity (Wildman–Crippen MR) is 96.4 cm³/mol. The number of rotatable bonds is 6. The molecule has 1 aromatic heterocycles. The molecule has 26 heavy (non-hydrogen) atoms. The first kappa shape index (κ1) is 18.6. The highest BCUT2D eigenvalue weighted by Gasteiger charge is 2.23. The molecular weight excluding hydrogens is 338 g/mol. The van der Waals surface area contributed by atoms with E-state index in [1.54, 1.807) is 11.1 Å². The Morgan fingerprint density at radius 3 is 2.73 bits per heavy atom. The second-order valence-corrected chi connectivity index (χ2v) is 6.20. The minimum Gasteiger partial charge on any atom is -0.450 e. The first-order valence-electron chi connectivity index (χ1n) is 9.16. The number of morpholine rings is 1. The molecule has 0 saturated carbocycles. The summed E-state index contributed by atoms with van der Waals surface area (Å²) in [5.74, 6) is 1.31. The zero-order valence-electron chi connectivity index (χ0n) is 15.3. The van der Waals surface area contributed by atoms with E-state index in [1.807, 2.05) is 11.8 Å². The Balaban J connectivity index is 1.46. The van der Waals surface area contributed by atoms with E-state index in [9.17, 15) is 4.79 Å². The number of nitrogens with zero attached hydrogens (tertiary/aromatic N) is 6. The van der Waals surface area contributed by atoms with Crippen molar-refractivity contribution in [2.45, 2.75) is 6.92 Å². The Bertz CT molecular complexity index is 575. The third-order valence-electron chi connectivity index (χ3n) is 4.47. The van der Waals surface area contributed by atoms with E-state index in [1.165, 1.54) is 0 Å². The van der Waals surface area contributed by atoms with E-state index in [0.29, 0.717) is 38.7 Å². The van der Waals surface area contributed by atoms with Gasteiger partial charge in [-0.25, -0.2) is 4.79 Å². The van der Waals surface area contributed by atoms with Gasteiger partial charge in [0.25, 0.3) is 0 Å². The fourth-order valence-corrected chi connectivity index (χ4v) is 2.98. The number of hydrogen-bond acceptors (Lipinski definition) is 9. The quantitative estimate of drug-likeness (QED) is 0.741. The summed E-state index contributed by atoms with van der Waals surface area (Å²) in [4.78, 5) is 22.4. The average Bonchev–Trinajstić information content (AvgIpc) is 2.69. The molecule has 2 aliphatic heterocycles. The van der Waals surface area contributed by atoms with Crippen LogP contribution >= 0.6 is 0 Å². The van der Waals surface area contributed by atoms with Crippen LogP contribution in [-0.2, 0) is 9.47 Å². The number of nitrogens with one attached hydrogen (secondary N) is 1. The van der Waals surface area contributed by atoms with Crippen molar-refractivity contribution in [3.05, 3.63) is 6.20 Å². The van der Waals surface area contributed by atoms with Gasteiger partial charge >= 0.3 is 6.09 Å². The van der Waals surface area contributed by atoms with Crippen LogP contribution in [0.25, 0.3) is 0 Å². The molecule has 3 rings (SSSR count). The Labute approximate surface area is 153 Å². The Morgan fingerprint density at radius 2 is 2.00 bits per heavy atom. The number of carbonyl (C=O) groups excluding carboxylic acids is 1. The van der Waals surface area contributed by atoms with Crippen LogP contribution in [0.4, 0.5) is 16.6 Å². The fourth-order valence-electron chi connectivity index (χ4n) is 2.98. The van der Waals surface area contributed by atoms with Crippen molar-refractivity contribution in [2.75, 3.05) is 82.4 Å². The van der Waals surface area contributed by atoms with Crippen LogP contribution in [0.1, 0.15) is 6.92 Å². The number of ether oxygens (including phenoxy) is 2. The molecule has 0 aliphatic carbocycles. The summed E-state index contributed by atoms with van der Waals surface area (Å²) in [6.07, 6.45) is 1.38. The average molecular weight is 365 g/mol. The number of amides is 1. The first-order valence-corrected chi connectivity index (χ1v) is 9.16. The molecule has 2 saturated heterocycles. The summed E-state index contributed by atoms with van der Waals surface area (Å²) >= 11 is 0. The molecule has 144 valence electrons. The number of anilines is 2. The molecule has 0 spiro atoms. The van der Waals surface area contributed by atoms with Crippen LogP contribution in [0.15, 0.2) is 6.20 Å². The van der Waals surface area contributed by atoms with Crippen molar-refractivity contribution in [2.24, 2.45) is 0 Å². The van der Waals surface area contributed by atoms with Gasteiger partial charge in [0, 0.05) is 52.4 Å². The van der Waals surface area contributed by atoms with Gasteiger partial charge in [0.1, 0.15) is 0 Å². The maximum atomic E-state index is 11.8. The highest BCUT2D eigenvalue weighted by molar-refractivity contribution is 5.68. The topological polar surface area (TPSA) is 96.0 Å². The molecule has 0 radical (unpaired) electrons. The molecule has 1 aromatic rings. The summed E-state index contributed by atoms with van der Waals surface area (Å²) in [6.45, 7) is 10.0. The van der Waals surface area contributed by atoms with Crippen molar-refractivity contribution >= 4 is 17.9 Å². The van der Waals surface area contributed by atoms with Gasteiger partial charge in [-0.3, -0.25) is 4.90 Å². The highest BCUT2D eigenvalue weighted by atomic mass is 16.6. The van der Waals surface area contributed by atoms with Gasteiger partial charge in [0.05, 0.1) is 26.0 Å². The number of aromatic nitrogens is 3. The van der Waals surface area contributed by atoms with E-state index in [0.717, 1.165) is 45.2 Å². The molecule has 10 heteroatoms. The second-order valence-electron chi connectivity index (χ2n) is 6.20. The van der Waals surface area contributed by atoms with Gasteiger partial charge < -0.3 is 24.6 Å². The molecule has 2 aliphatic rings. The molecule has 1 amide bonds. The summed E-state index contributed by atoms with van der Waals surface area (Å²) in [5.41, 5.74) is 0. The van der Waals surface area contributed by atoms with E-state index in [-0.39, 0.29) is 6.09 Å². The summed E-state index contributed by atoms with van der Waals surface area (Å²) in [7, 11) is 0. The highest BCUT2D eigenvalue weighted by Crippen LogP contribution is 2.13. The standard InChI is InChI=1S/C16H27N7O3/c1-2-26-16(24)23-7-5-22(6-8-23)15-19-14(13-18-20-15)17-3-4-21-9-11-25-12-10-21/h13H,2-12H2,1H3,(H,17,19,20). The maximum absolute atomic E-state index is 11.8. The smallest absolute Gasteiger partial charge is 0.409 e. The largest absolute Gasteiger partial charge is 0.450 e. The van der Waals surface area contributed by atoms with Gasteiger partial charge in [-0.1, -0.05) is 0 Å². The first-order chi connectivity index (χ1) is 12.8. The zero-order valence-corrected chi connectivity index (χ0v) is 15.3. The molecule has 0 unspecified atom stereocenters. The van der Waals surface area contributed by atoms with Gasteiger partial charge in [-0.15, -0.1) is 5.10 Å². The van der Waals surface area contributed by atoms with Crippen molar-refractivity contribution in [3.8, 4) is 0 Å². The molecule has 0 aromatic carbocycles. The van der Waals surface area contributed by atoms with Crippen LogP contribution in [0, 0.1) is 0 Å². The second kappa shape index (κ2) is 9.48.